The van der Waals surface area contributed by atoms with Gasteiger partial charge in [-0.2, -0.15) is 0 Å². The van der Waals surface area contributed by atoms with E-state index in [0.717, 1.165) is 32.0 Å². The lowest BCUT2D eigenvalue weighted by molar-refractivity contribution is -0.129. The summed E-state index contributed by atoms with van der Waals surface area (Å²) < 4.78 is 0. The van der Waals surface area contributed by atoms with E-state index in [4.69, 9.17) is 0 Å². The van der Waals surface area contributed by atoms with Crippen LogP contribution in [0, 0.1) is 11.3 Å². The smallest absolute Gasteiger partial charge is 0.227 e. The van der Waals surface area contributed by atoms with E-state index in [-0.39, 0.29) is 11.3 Å². The molecule has 86 valence electrons. The van der Waals surface area contributed by atoms with Gasteiger partial charge in [-0.3, -0.25) is 4.79 Å². The van der Waals surface area contributed by atoms with E-state index in [2.05, 4.69) is 17.6 Å². The fourth-order valence-electron chi connectivity index (χ4n) is 2.40. The summed E-state index contributed by atoms with van der Waals surface area (Å²) in [5.41, 5.74) is -0.153. The van der Waals surface area contributed by atoms with Gasteiger partial charge in [0.15, 0.2) is 0 Å². The molecule has 1 saturated carbocycles. The third-order valence-electron chi connectivity index (χ3n) is 3.98. The Kier molecular flexibility index (Phi) is 3.29. The van der Waals surface area contributed by atoms with Crippen molar-refractivity contribution in [1.82, 2.24) is 10.6 Å². The summed E-state index contributed by atoms with van der Waals surface area (Å²) in [6, 6.07) is 0. The fourth-order valence-corrected chi connectivity index (χ4v) is 2.40. The summed E-state index contributed by atoms with van der Waals surface area (Å²) in [5, 5.41) is 6.34. The molecule has 1 aliphatic heterocycles. The highest BCUT2D eigenvalue weighted by Gasteiger charge is 2.35. The zero-order chi connectivity index (χ0) is 10.7. The van der Waals surface area contributed by atoms with Crippen molar-refractivity contribution >= 4 is 5.91 Å². The van der Waals surface area contributed by atoms with Gasteiger partial charge in [0.05, 0.1) is 5.41 Å². The number of rotatable bonds is 4. The summed E-state index contributed by atoms with van der Waals surface area (Å²) in [5.74, 6) is 1.13. The number of hydrogen-bond acceptors (Lipinski definition) is 2. The van der Waals surface area contributed by atoms with E-state index in [9.17, 15) is 4.79 Å². The van der Waals surface area contributed by atoms with Crippen molar-refractivity contribution in [2.45, 2.75) is 39.0 Å². The van der Waals surface area contributed by atoms with Gasteiger partial charge in [0, 0.05) is 13.1 Å². The van der Waals surface area contributed by atoms with Crippen LogP contribution in [0.2, 0.25) is 0 Å². The number of carbonyl (C=O) groups excluding carboxylic acids is 1. The quantitative estimate of drug-likeness (QED) is 0.734. The maximum Gasteiger partial charge on any atom is 0.227 e. The van der Waals surface area contributed by atoms with Crippen LogP contribution in [0.5, 0.6) is 0 Å². The lowest BCUT2D eigenvalue weighted by Crippen LogP contribution is -2.41. The average Bonchev–Trinajstić information content (AvgIpc) is 2.58. The first kappa shape index (κ1) is 10.9. The molecule has 2 fully saturated rings. The van der Waals surface area contributed by atoms with Crippen molar-refractivity contribution in [3.05, 3.63) is 0 Å². The van der Waals surface area contributed by atoms with E-state index in [1.54, 1.807) is 0 Å². The molecule has 1 atom stereocenters. The number of carbonyl (C=O) groups is 1. The van der Waals surface area contributed by atoms with Crippen molar-refractivity contribution in [2.24, 2.45) is 11.3 Å². The molecule has 0 aromatic carbocycles. The minimum absolute atomic E-state index is 0.153. The molecule has 2 rings (SSSR count). The molecule has 1 aliphatic carbocycles. The van der Waals surface area contributed by atoms with E-state index in [1.165, 1.54) is 25.7 Å². The summed E-state index contributed by atoms with van der Waals surface area (Å²) in [6.45, 7) is 4.75. The molecule has 1 unspecified atom stereocenters. The SMILES string of the molecule is CC1(C(=O)NCCC2CCC2)CCNC1. The van der Waals surface area contributed by atoms with Crippen molar-refractivity contribution in [1.29, 1.82) is 0 Å². The topological polar surface area (TPSA) is 41.1 Å². The largest absolute Gasteiger partial charge is 0.356 e. The Morgan fingerprint density at radius 2 is 2.33 bits per heavy atom. The van der Waals surface area contributed by atoms with E-state index >= 15 is 0 Å². The summed E-state index contributed by atoms with van der Waals surface area (Å²) in [7, 11) is 0. The van der Waals surface area contributed by atoms with Gasteiger partial charge in [0.1, 0.15) is 0 Å². The van der Waals surface area contributed by atoms with Crippen molar-refractivity contribution in [2.75, 3.05) is 19.6 Å². The molecular formula is C12H22N2O. The summed E-state index contributed by atoms with van der Waals surface area (Å²) in [4.78, 5) is 11.9. The Bertz CT molecular complexity index is 230. The molecule has 0 spiro atoms. The molecule has 3 nitrogen and oxygen atoms in total. The van der Waals surface area contributed by atoms with Gasteiger partial charge in [0.2, 0.25) is 5.91 Å². The second kappa shape index (κ2) is 4.52. The van der Waals surface area contributed by atoms with Crippen LogP contribution in [0.3, 0.4) is 0 Å². The Hall–Kier alpha value is -0.570. The van der Waals surface area contributed by atoms with Gasteiger partial charge in [-0.1, -0.05) is 19.3 Å². The third-order valence-corrected chi connectivity index (χ3v) is 3.98. The molecule has 0 aromatic heterocycles. The Labute approximate surface area is 92.0 Å². The van der Waals surface area contributed by atoms with Gasteiger partial charge < -0.3 is 10.6 Å². The molecule has 2 aliphatic rings. The minimum atomic E-state index is -0.153. The van der Waals surface area contributed by atoms with Crippen LogP contribution in [-0.2, 0) is 4.79 Å². The molecule has 1 saturated heterocycles. The highest BCUT2D eigenvalue weighted by Crippen LogP contribution is 2.29. The second-order valence-corrected chi connectivity index (χ2v) is 5.33. The molecule has 2 N–H and O–H groups in total. The fraction of sp³-hybridized carbons (Fsp3) is 0.917. The molecular weight excluding hydrogens is 188 g/mol. The maximum atomic E-state index is 11.9. The van der Waals surface area contributed by atoms with Gasteiger partial charge in [-0.15, -0.1) is 0 Å². The lowest BCUT2D eigenvalue weighted by atomic mass is 9.83. The first-order valence-corrected chi connectivity index (χ1v) is 6.20. The van der Waals surface area contributed by atoms with Crippen molar-refractivity contribution < 1.29 is 4.79 Å². The third kappa shape index (κ3) is 2.51. The normalized spacial score (nSPS) is 31.3. The molecule has 0 aromatic rings. The van der Waals surface area contributed by atoms with Crippen LogP contribution in [0.4, 0.5) is 0 Å². The van der Waals surface area contributed by atoms with Gasteiger partial charge in [-0.25, -0.2) is 0 Å². The van der Waals surface area contributed by atoms with Crippen molar-refractivity contribution in [3.8, 4) is 0 Å². The predicted octanol–water partition coefficient (Wildman–Crippen LogP) is 1.29. The number of amides is 1. The monoisotopic (exact) mass is 210 g/mol. The predicted molar refractivity (Wildman–Crippen MR) is 60.6 cm³/mol. The van der Waals surface area contributed by atoms with Crippen molar-refractivity contribution in [3.63, 3.8) is 0 Å². The van der Waals surface area contributed by atoms with Gasteiger partial charge >= 0.3 is 0 Å². The van der Waals surface area contributed by atoms with Crippen LogP contribution >= 0.6 is 0 Å². The van der Waals surface area contributed by atoms with Crippen LogP contribution in [0.15, 0.2) is 0 Å². The van der Waals surface area contributed by atoms with Crippen LogP contribution < -0.4 is 10.6 Å². The highest BCUT2D eigenvalue weighted by atomic mass is 16.2. The second-order valence-electron chi connectivity index (χ2n) is 5.33. The summed E-state index contributed by atoms with van der Waals surface area (Å²) in [6.07, 6.45) is 6.28. The molecule has 1 amide bonds. The van der Waals surface area contributed by atoms with Gasteiger partial charge in [0.25, 0.3) is 0 Å². The minimum Gasteiger partial charge on any atom is -0.356 e. The highest BCUT2D eigenvalue weighted by molar-refractivity contribution is 5.82. The number of nitrogens with one attached hydrogen (secondary N) is 2. The Balaban J connectivity index is 1.67. The van der Waals surface area contributed by atoms with Gasteiger partial charge in [-0.05, 0) is 32.2 Å². The Morgan fingerprint density at radius 3 is 2.87 bits per heavy atom. The van der Waals surface area contributed by atoms with E-state index in [0.29, 0.717) is 0 Å². The molecule has 15 heavy (non-hydrogen) atoms. The lowest BCUT2D eigenvalue weighted by Gasteiger charge is -2.26. The Morgan fingerprint density at radius 1 is 1.53 bits per heavy atom. The molecule has 0 radical (unpaired) electrons. The maximum absolute atomic E-state index is 11.9. The zero-order valence-electron chi connectivity index (χ0n) is 9.64. The zero-order valence-corrected chi connectivity index (χ0v) is 9.64. The molecule has 1 heterocycles. The first-order valence-electron chi connectivity index (χ1n) is 6.20. The van der Waals surface area contributed by atoms with Crippen LogP contribution in [0.25, 0.3) is 0 Å². The van der Waals surface area contributed by atoms with Crippen LogP contribution in [0.1, 0.15) is 39.0 Å². The van der Waals surface area contributed by atoms with E-state index < -0.39 is 0 Å². The molecule has 0 bridgehead atoms. The summed E-state index contributed by atoms with van der Waals surface area (Å²) >= 11 is 0. The average molecular weight is 210 g/mol. The first-order chi connectivity index (χ1) is 7.21. The molecule has 3 heteroatoms. The van der Waals surface area contributed by atoms with E-state index in [1.807, 2.05) is 0 Å². The van der Waals surface area contributed by atoms with Crippen LogP contribution in [-0.4, -0.2) is 25.5 Å². The number of hydrogen-bond donors (Lipinski definition) is 2. The standard InChI is InChI=1S/C12H22N2O/c1-12(6-8-13-9-12)11(15)14-7-5-10-3-2-4-10/h10,13H,2-9H2,1H3,(H,14,15).